The summed E-state index contributed by atoms with van der Waals surface area (Å²) in [5, 5.41) is 0. The average Bonchev–Trinajstić information content (AvgIpc) is 2.68. The molecule has 0 amide bonds. The largest absolute Gasteiger partial charge is 0.482 e. The lowest BCUT2D eigenvalue weighted by atomic mass is 10.2. The van der Waals surface area contributed by atoms with Crippen LogP contribution in [-0.4, -0.2) is 40.6 Å². The highest BCUT2D eigenvalue weighted by Crippen LogP contribution is 2.22. The van der Waals surface area contributed by atoms with E-state index in [4.69, 9.17) is 18.9 Å². The number of esters is 2. The standard InChI is InChI=1S/C24H30O7S/c1-23(2,3)30-21(25)15-28-17-7-11-19(12-8-17)32(27)20-13-9-18(10-14-20)29-16-22(26)31-24(4,5)6/h7-14H,15-16H2,1-6H3. The summed E-state index contributed by atoms with van der Waals surface area (Å²) >= 11 is 0. The van der Waals surface area contributed by atoms with Crippen LogP contribution < -0.4 is 9.47 Å². The van der Waals surface area contributed by atoms with Gasteiger partial charge in [0.1, 0.15) is 22.7 Å². The molecule has 0 aliphatic carbocycles. The van der Waals surface area contributed by atoms with Crippen molar-refractivity contribution in [2.75, 3.05) is 13.2 Å². The summed E-state index contributed by atoms with van der Waals surface area (Å²) in [6.07, 6.45) is 0. The van der Waals surface area contributed by atoms with Gasteiger partial charge in [-0.25, -0.2) is 13.8 Å². The highest BCUT2D eigenvalue weighted by Gasteiger charge is 2.18. The van der Waals surface area contributed by atoms with E-state index >= 15 is 0 Å². The first kappa shape index (κ1) is 25.4. The lowest BCUT2D eigenvalue weighted by Gasteiger charge is -2.19. The maximum absolute atomic E-state index is 12.8. The summed E-state index contributed by atoms with van der Waals surface area (Å²) in [4.78, 5) is 24.6. The summed E-state index contributed by atoms with van der Waals surface area (Å²) in [6.45, 7) is 10.3. The normalized spacial score (nSPS) is 11.7. The molecule has 0 aliphatic rings. The topological polar surface area (TPSA) is 88.1 Å². The Bertz CT molecular complexity index is 859. The number of rotatable bonds is 8. The van der Waals surface area contributed by atoms with Crippen molar-refractivity contribution >= 4 is 22.7 Å². The molecule has 0 saturated heterocycles. The van der Waals surface area contributed by atoms with Crippen LogP contribution in [0.1, 0.15) is 41.5 Å². The molecule has 0 aromatic heterocycles. The van der Waals surface area contributed by atoms with Gasteiger partial charge in [-0.15, -0.1) is 0 Å². The smallest absolute Gasteiger partial charge is 0.344 e. The number of ether oxygens (including phenoxy) is 4. The molecule has 32 heavy (non-hydrogen) atoms. The van der Waals surface area contributed by atoms with Crippen molar-refractivity contribution in [3.8, 4) is 11.5 Å². The SMILES string of the molecule is CC(C)(C)OC(=O)COc1ccc(S(=O)c2ccc(OCC(=O)OC(C)(C)C)cc2)cc1. The third-order valence-corrected chi connectivity index (χ3v) is 5.03. The Labute approximate surface area is 191 Å². The second-order valence-corrected chi connectivity index (χ2v) is 10.4. The van der Waals surface area contributed by atoms with Crippen molar-refractivity contribution in [1.29, 1.82) is 0 Å². The fourth-order valence-electron chi connectivity index (χ4n) is 2.48. The lowest BCUT2D eigenvalue weighted by molar-refractivity contribution is -0.158. The summed E-state index contributed by atoms with van der Waals surface area (Å²) < 4.78 is 34.0. The van der Waals surface area contributed by atoms with E-state index in [0.717, 1.165) is 0 Å². The van der Waals surface area contributed by atoms with E-state index in [2.05, 4.69) is 0 Å². The van der Waals surface area contributed by atoms with Gasteiger partial charge in [0, 0.05) is 9.79 Å². The van der Waals surface area contributed by atoms with Crippen LogP contribution in [0.3, 0.4) is 0 Å². The Kier molecular flexibility index (Phi) is 8.44. The molecule has 0 bridgehead atoms. The maximum Gasteiger partial charge on any atom is 0.344 e. The van der Waals surface area contributed by atoms with Crippen molar-refractivity contribution in [3.63, 3.8) is 0 Å². The first-order valence-electron chi connectivity index (χ1n) is 10.1. The Hall–Kier alpha value is -2.87. The van der Waals surface area contributed by atoms with Crippen molar-refractivity contribution in [1.82, 2.24) is 0 Å². The number of hydrogen-bond donors (Lipinski definition) is 0. The van der Waals surface area contributed by atoms with Gasteiger partial charge in [0.05, 0.1) is 10.8 Å². The second kappa shape index (κ2) is 10.6. The number of carbonyl (C=O) groups is 2. The zero-order chi connectivity index (χ0) is 23.9. The molecule has 0 spiro atoms. The highest BCUT2D eigenvalue weighted by atomic mass is 32.2. The van der Waals surface area contributed by atoms with Gasteiger partial charge in [-0.3, -0.25) is 0 Å². The maximum atomic E-state index is 12.8. The van der Waals surface area contributed by atoms with Crippen LogP contribution in [0.15, 0.2) is 58.3 Å². The molecule has 0 heterocycles. The van der Waals surface area contributed by atoms with Crippen molar-refractivity contribution in [3.05, 3.63) is 48.5 Å². The quantitative estimate of drug-likeness (QED) is 0.541. The third-order valence-electron chi connectivity index (χ3n) is 3.63. The van der Waals surface area contributed by atoms with Gasteiger partial charge in [-0.1, -0.05) is 0 Å². The van der Waals surface area contributed by atoms with Gasteiger partial charge in [0.15, 0.2) is 13.2 Å². The van der Waals surface area contributed by atoms with Crippen LogP contribution >= 0.6 is 0 Å². The fourth-order valence-corrected chi connectivity index (χ4v) is 3.52. The van der Waals surface area contributed by atoms with Crippen LogP contribution in [0.4, 0.5) is 0 Å². The van der Waals surface area contributed by atoms with E-state index in [0.29, 0.717) is 21.3 Å². The van der Waals surface area contributed by atoms with E-state index in [9.17, 15) is 13.8 Å². The molecule has 2 aromatic rings. The molecule has 0 saturated carbocycles. The molecule has 0 fully saturated rings. The van der Waals surface area contributed by atoms with Gasteiger partial charge in [0.2, 0.25) is 0 Å². The number of benzene rings is 2. The minimum atomic E-state index is -1.41. The highest BCUT2D eigenvalue weighted by molar-refractivity contribution is 7.85. The molecule has 2 rings (SSSR count). The number of carbonyl (C=O) groups excluding carboxylic acids is 2. The zero-order valence-electron chi connectivity index (χ0n) is 19.3. The van der Waals surface area contributed by atoms with Gasteiger partial charge in [-0.05, 0) is 90.1 Å². The van der Waals surface area contributed by atoms with Gasteiger partial charge in [0.25, 0.3) is 0 Å². The van der Waals surface area contributed by atoms with E-state index in [1.54, 1.807) is 90.1 Å². The fraction of sp³-hybridized carbons (Fsp3) is 0.417. The van der Waals surface area contributed by atoms with Crippen LogP contribution in [0.25, 0.3) is 0 Å². The van der Waals surface area contributed by atoms with Gasteiger partial charge >= 0.3 is 11.9 Å². The van der Waals surface area contributed by atoms with E-state index in [1.807, 2.05) is 0 Å². The zero-order valence-corrected chi connectivity index (χ0v) is 20.1. The second-order valence-electron chi connectivity index (χ2n) is 8.96. The Morgan fingerprint density at radius 2 is 0.969 bits per heavy atom. The molecule has 7 nitrogen and oxygen atoms in total. The Balaban J connectivity index is 1.90. The first-order valence-corrected chi connectivity index (χ1v) is 11.3. The van der Waals surface area contributed by atoms with Crippen LogP contribution in [0, 0.1) is 0 Å². The predicted molar refractivity (Wildman–Crippen MR) is 120 cm³/mol. The minimum Gasteiger partial charge on any atom is -0.482 e. The first-order chi connectivity index (χ1) is 14.8. The van der Waals surface area contributed by atoms with E-state index in [-0.39, 0.29) is 13.2 Å². The molecule has 0 atom stereocenters. The molecule has 174 valence electrons. The van der Waals surface area contributed by atoms with E-state index < -0.39 is 33.9 Å². The number of hydrogen-bond acceptors (Lipinski definition) is 7. The van der Waals surface area contributed by atoms with Crippen LogP contribution in [0.5, 0.6) is 11.5 Å². The molecule has 0 aliphatic heterocycles. The van der Waals surface area contributed by atoms with Gasteiger partial charge < -0.3 is 18.9 Å². The van der Waals surface area contributed by atoms with Gasteiger partial charge in [-0.2, -0.15) is 0 Å². The molecule has 2 aromatic carbocycles. The van der Waals surface area contributed by atoms with Crippen LogP contribution in [0.2, 0.25) is 0 Å². The Morgan fingerprint density at radius 1 is 0.656 bits per heavy atom. The summed E-state index contributed by atoms with van der Waals surface area (Å²) in [5.41, 5.74) is -1.14. The molecule has 8 heteroatoms. The van der Waals surface area contributed by atoms with E-state index in [1.165, 1.54) is 0 Å². The van der Waals surface area contributed by atoms with Crippen LogP contribution in [-0.2, 0) is 29.9 Å². The average molecular weight is 463 g/mol. The monoisotopic (exact) mass is 462 g/mol. The molecule has 0 N–H and O–H groups in total. The summed E-state index contributed by atoms with van der Waals surface area (Å²) in [5.74, 6) is 0.0308. The minimum absolute atomic E-state index is 0.204. The molecule has 0 unspecified atom stereocenters. The van der Waals surface area contributed by atoms with Crippen molar-refractivity contribution in [2.45, 2.75) is 62.5 Å². The lowest BCUT2D eigenvalue weighted by Crippen LogP contribution is -2.27. The van der Waals surface area contributed by atoms with Crippen molar-refractivity contribution < 1.29 is 32.7 Å². The third kappa shape index (κ3) is 9.09. The summed E-state index contributed by atoms with van der Waals surface area (Å²) in [6, 6.07) is 13.3. The van der Waals surface area contributed by atoms with Crippen molar-refractivity contribution in [2.24, 2.45) is 0 Å². The summed E-state index contributed by atoms with van der Waals surface area (Å²) in [7, 11) is -1.41. The predicted octanol–water partition coefficient (Wildman–Crippen LogP) is 4.29. The molecule has 0 radical (unpaired) electrons. The molecular formula is C24H30O7S. The Morgan fingerprint density at radius 3 is 1.25 bits per heavy atom. The molecular weight excluding hydrogens is 432 g/mol.